The minimum atomic E-state index is 0.825. The molecule has 1 N–H and O–H groups in total. The number of nitrogens with one attached hydrogen (secondary N) is 1. The van der Waals surface area contributed by atoms with Gasteiger partial charge >= 0.3 is 0 Å². The van der Waals surface area contributed by atoms with Gasteiger partial charge in [-0.15, -0.1) is 0 Å². The van der Waals surface area contributed by atoms with E-state index < -0.39 is 0 Å². The minimum Gasteiger partial charge on any atom is -0.369 e. The van der Waals surface area contributed by atoms with Gasteiger partial charge in [0.25, 0.3) is 0 Å². The van der Waals surface area contributed by atoms with Crippen LogP contribution in [0.25, 0.3) is 0 Å². The molecule has 0 aliphatic rings. The second-order valence-electron chi connectivity index (χ2n) is 4.29. The van der Waals surface area contributed by atoms with Crippen LogP contribution in [-0.2, 0) is 6.54 Å². The van der Waals surface area contributed by atoms with Crippen LogP contribution in [0.15, 0.2) is 42.7 Å². The van der Waals surface area contributed by atoms with Crippen molar-refractivity contribution in [1.82, 2.24) is 9.97 Å². The number of nitrogens with zero attached hydrogens (tertiary/aromatic N) is 3. The van der Waals surface area contributed by atoms with Crippen molar-refractivity contribution >= 4 is 11.6 Å². The van der Waals surface area contributed by atoms with E-state index in [0.717, 1.165) is 31.3 Å². The second-order valence-corrected chi connectivity index (χ2v) is 4.29. The van der Waals surface area contributed by atoms with Gasteiger partial charge in [0.1, 0.15) is 11.6 Å². The predicted octanol–water partition coefficient (Wildman–Crippen LogP) is 2.93. The van der Waals surface area contributed by atoms with E-state index in [1.807, 2.05) is 12.3 Å². The van der Waals surface area contributed by atoms with Gasteiger partial charge in [0.2, 0.25) is 0 Å². The van der Waals surface area contributed by atoms with Crippen molar-refractivity contribution < 1.29 is 0 Å². The van der Waals surface area contributed by atoms with Crippen LogP contribution < -0.4 is 10.2 Å². The first-order valence-corrected chi connectivity index (χ1v) is 6.68. The largest absolute Gasteiger partial charge is 0.369 e. The van der Waals surface area contributed by atoms with Gasteiger partial charge in [-0.3, -0.25) is 4.98 Å². The Morgan fingerprint density at radius 2 is 1.89 bits per heavy atom. The van der Waals surface area contributed by atoms with Crippen LogP contribution in [0.1, 0.15) is 19.4 Å². The molecule has 1 aromatic carbocycles. The zero-order valence-electron chi connectivity index (χ0n) is 11.5. The molecule has 0 saturated carbocycles. The quantitative estimate of drug-likeness (QED) is 0.862. The molecule has 4 nitrogen and oxygen atoms in total. The summed E-state index contributed by atoms with van der Waals surface area (Å²) in [6.45, 7) is 6.78. The zero-order valence-corrected chi connectivity index (χ0v) is 11.5. The molecule has 0 radical (unpaired) electrons. The minimum absolute atomic E-state index is 0.825. The third kappa shape index (κ3) is 3.68. The van der Waals surface area contributed by atoms with E-state index in [4.69, 9.17) is 0 Å². The summed E-state index contributed by atoms with van der Waals surface area (Å²) in [4.78, 5) is 11.0. The monoisotopic (exact) mass is 256 g/mol. The van der Waals surface area contributed by atoms with E-state index in [-0.39, 0.29) is 0 Å². The average Bonchev–Trinajstić information content (AvgIpc) is 2.46. The molecule has 100 valence electrons. The summed E-state index contributed by atoms with van der Waals surface area (Å²) in [5, 5.41) is 3.19. The van der Waals surface area contributed by atoms with Crippen molar-refractivity contribution in [2.75, 3.05) is 23.3 Å². The zero-order chi connectivity index (χ0) is 13.5. The summed E-state index contributed by atoms with van der Waals surface area (Å²) in [5.74, 6) is 1.73. The summed E-state index contributed by atoms with van der Waals surface area (Å²) in [6, 6.07) is 10.4. The SMILES string of the molecule is CCNc1cncc(N(CC)Cc2ccccc2)n1. The fourth-order valence-corrected chi connectivity index (χ4v) is 1.93. The fraction of sp³-hybridized carbons (Fsp3) is 0.333. The van der Waals surface area contributed by atoms with Gasteiger partial charge in [-0.2, -0.15) is 0 Å². The summed E-state index contributed by atoms with van der Waals surface area (Å²) in [7, 11) is 0. The summed E-state index contributed by atoms with van der Waals surface area (Å²) in [6.07, 6.45) is 3.57. The maximum absolute atomic E-state index is 4.58. The Labute approximate surface area is 114 Å². The van der Waals surface area contributed by atoms with E-state index in [1.165, 1.54) is 5.56 Å². The van der Waals surface area contributed by atoms with Crippen LogP contribution in [0.4, 0.5) is 11.6 Å². The highest BCUT2D eigenvalue weighted by Gasteiger charge is 2.07. The Bertz CT molecular complexity index is 499. The van der Waals surface area contributed by atoms with Crippen LogP contribution in [0.2, 0.25) is 0 Å². The fourth-order valence-electron chi connectivity index (χ4n) is 1.93. The molecular formula is C15H20N4. The number of rotatable bonds is 6. The van der Waals surface area contributed by atoms with E-state index >= 15 is 0 Å². The summed E-state index contributed by atoms with van der Waals surface area (Å²) in [5.41, 5.74) is 1.28. The molecule has 0 atom stereocenters. The van der Waals surface area contributed by atoms with Crippen LogP contribution in [-0.4, -0.2) is 23.1 Å². The highest BCUT2D eigenvalue weighted by molar-refractivity contribution is 5.44. The number of aromatic nitrogens is 2. The van der Waals surface area contributed by atoms with Crippen molar-refractivity contribution in [3.8, 4) is 0 Å². The molecule has 2 aromatic rings. The van der Waals surface area contributed by atoms with Crippen LogP contribution in [0.5, 0.6) is 0 Å². The van der Waals surface area contributed by atoms with Gasteiger partial charge in [-0.05, 0) is 19.4 Å². The third-order valence-electron chi connectivity index (χ3n) is 2.90. The van der Waals surface area contributed by atoms with Crippen LogP contribution >= 0.6 is 0 Å². The number of benzene rings is 1. The number of hydrogen-bond acceptors (Lipinski definition) is 4. The number of anilines is 2. The molecule has 0 spiro atoms. The summed E-state index contributed by atoms with van der Waals surface area (Å²) < 4.78 is 0. The Morgan fingerprint density at radius 3 is 2.58 bits per heavy atom. The van der Waals surface area contributed by atoms with Crippen molar-refractivity contribution in [1.29, 1.82) is 0 Å². The molecule has 2 rings (SSSR count). The molecule has 0 aliphatic carbocycles. The molecule has 0 fully saturated rings. The van der Waals surface area contributed by atoms with E-state index in [0.29, 0.717) is 0 Å². The van der Waals surface area contributed by atoms with Crippen LogP contribution in [0, 0.1) is 0 Å². The Kier molecular flexibility index (Phi) is 4.72. The van der Waals surface area contributed by atoms with Crippen LogP contribution in [0.3, 0.4) is 0 Å². The molecule has 1 heterocycles. The lowest BCUT2D eigenvalue weighted by atomic mass is 10.2. The first kappa shape index (κ1) is 13.3. The van der Waals surface area contributed by atoms with Gasteiger partial charge in [0.05, 0.1) is 12.4 Å². The second kappa shape index (κ2) is 6.73. The number of hydrogen-bond donors (Lipinski definition) is 1. The third-order valence-corrected chi connectivity index (χ3v) is 2.90. The van der Waals surface area contributed by atoms with Crippen molar-refractivity contribution in [3.63, 3.8) is 0 Å². The van der Waals surface area contributed by atoms with Gasteiger partial charge in [-0.1, -0.05) is 30.3 Å². The summed E-state index contributed by atoms with van der Waals surface area (Å²) >= 11 is 0. The van der Waals surface area contributed by atoms with Gasteiger partial charge in [0.15, 0.2) is 0 Å². The smallest absolute Gasteiger partial charge is 0.149 e. The Hall–Kier alpha value is -2.10. The van der Waals surface area contributed by atoms with E-state index in [9.17, 15) is 0 Å². The van der Waals surface area contributed by atoms with Crippen molar-refractivity contribution in [2.24, 2.45) is 0 Å². The van der Waals surface area contributed by atoms with Gasteiger partial charge in [0, 0.05) is 19.6 Å². The molecular weight excluding hydrogens is 236 g/mol. The van der Waals surface area contributed by atoms with Gasteiger partial charge in [-0.25, -0.2) is 4.98 Å². The normalized spacial score (nSPS) is 10.2. The topological polar surface area (TPSA) is 41.1 Å². The maximum atomic E-state index is 4.58. The predicted molar refractivity (Wildman–Crippen MR) is 79.4 cm³/mol. The molecule has 0 saturated heterocycles. The Balaban J connectivity index is 2.15. The van der Waals surface area contributed by atoms with Gasteiger partial charge < -0.3 is 10.2 Å². The molecule has 0 amide bonds. The molecule has 0 aliphatic heterocycles. The molecule has 1 aromatic heterocycles. The lowest BCUT2D eigenvalue weighted by Gasteiger charge is -2.22. The first-order chi connectivity index (χ1) is 9.33. The maximum Gasteiger partial charge on any atom is 0.149 e. The lowest BCUT2D eigenvalue weighted by Crippen LogP contribution is -2.23. The highest BCUT2D eigenvalue weighted by atomic mass is 15.2. The molecule has 0 bridgehead atoms. The molecule has 4 heteroatoms. The first-order valence-electron chi connectivity index (χ1n) is 6.68. The standard InChI is InChI=1S/C15H20N4/c1-3-17-14-10-16-11-15(18-14)19(4-2)12-13-8-6-5-7-9-13/h5-11H,3-4,12H2,1-2H3,(H,17,18). The van der Waals surface area contributed by atoms with E-state index in [1.54, 1.807) is 6.20 Å². The highest BCUT2D eigenvalue weighted by Crippen LogP contribution is 2.15. The van der Waals surface area contributed by atoms with E-state index in [2.05, 4.69) is 58.3 Å². The Morgan fingerprint density at radius 1 is 1.11 bits per heavy atom. The molecule has 19 heavy (non-hydrogen) atoms. The van der Waals surface area contributed by atoms with Crippen molar-refractivity contribution in [2.45, 2.75) is 20.4 Å². The average molecular weight is 256 g/mol. The van der Waals surface area contributed by atoms with Crippen molar-refractivity contribution in [3.05, 3.63) is 48.3 Å². The molecule has 0 unspecified atom stereocenters. The lowest BCUT2D eigenvalue weighted by molar-refractivity contribution is 0.809.